The molecule has 0 aliphatic heterocycles. The maximum absolute atomic E-state index is 12.3. The number of nitrogens with zero attached hydrogens (tertiary/aromatic N) is 1. The zero-order valence-corrected chi connectivity index (χ0v) is 16.0. The van der Waals surface area contributed by atoms with Crippen molar-refractivity contribution in [1.82, 2.24) is 10.6 Å². The lowest BCUT2D eigenvalue weighted by Crippen LogP contribution is -2.35. The summed E-state index contributed by atoms with van der Waals surface area (Å²) in [6.07, 6.45) is 1.83. The van der Waals surface area contributed by atoms with Crippen molar-refractivity contribution in [3.63, 3.8) is 0 Å². The van der Waals surface area contributed by atoms with Crippen molar-refractivity contribution in [3.8, 4) is 0 Å². The summed E-state index contributed by atoms with van der Waals surface area (Å²) >= 11 is 5.13. The van der Waals surface area contributed by atoms with Gasteiger partial charge in [-0.05, 0) is 36.8 Å². The number of hydrogen-bond acceptors (Lipinski definition) is 5. The van der Waals surface area contributed by atoms with Crippen molar-refractivity contribution in [3.05, 3.63) is 69.8 Å². The molecule has 2 aromatic rings. The predicted molar refractivity (Wildman–Crippen MR) is 110 cm³/mol. The number of rotatable bonds is 7. The smallest absolute Gasteiger partial charge is 0.282 e. The van der Waals surface area contributed by atoms with Crippen LogP contribution >= 0.6 is 12.2 Å². The molecule has 8 nitrogen and oxygen atoms in total. The summed E-state index contributed by atoms with van der Waals surface area (Å²) in [5.41, 5.74) is 0.367. The summed E-state index contributed by atoms with van der Waals surface area (Å²) in [7, 11) is 0. The number of hydrogen-bond donors (Lipinski definition) is 3. The molecule has 2 aromatic carbocycles. The predicted octanol–water partition coefficient (Wildman–Crippen LogP) is 3.25. The van der Waals surface area contributed by atoms with Gasteiger partial charge < -0.3 is 10.6 Å². The van der Waals surface area contributed by atoms with Crippen LogP contribution in [0.5, 0.6) is 0 Å². The molecule has 9 heteroatoms. The van der Waals surface area contributed by atoms with E-state index in [1.165, 1.54) is 24.3 Å². The minimum Gasteiger partial charge on any atom is -0.352 e. The lowest BCUT2D eigenvalue weighted by Gasteiger charge is -2.13. The Balaban J connectivity index is 2.09. The zero-order chi connectivity index (χ0) is 20.5. The monoisotopic (exact) mass is 400 g/mol. The molecule has 0 radical (unpaired) electrons. The molecule has 3 N–H and O–H groups in total. The van der Waals surface area contributed by atoms with E-state index in [-0.39, 0.29) is 22.3 Å². The highest BCUT2D eigenvalue weighted by Crippen LogP contribution is 2.18. The summed E-state index contributed by atoms with van der Waals surface area (Å²) in [5.74, 6) is -0.973. The number of anilines is 1. The van der Waals surface area contributed by atoms with Crippen molar-refractivity contribution >= 4 is 40.5 Å². The number of nitro benzene ring substituents is 1. The molecule has 0 aromatic heterocycles. The van der Waals surface area contributed by atoms with Gasteiger partial charge in [0.2, 0.25) is 0 Å². The molecule has 0 aliphatic carbocycles. The quantitative estimate of drug-likeness (QED) is 0.285. The van der Waals surface area contributed by atoms with Crippen molar-refractivity contribution in [1.29, 1.82) is 0 Å². The first-order valence-electron chi connectivity index (χ1n) is 8.67. The Labute approximate surface area is 167 Å². The number of unbranched alkanes of at least 4 members (excludes halogenated alkanes) is 1. The third-order valence-electron chi connectivity index (χ3n) is 3.81. The van der Waals surface area contributed by atoms with Crippen molar-refractivity contribution in [2.45, 2.75) is 19.8 Å². The van der Waals surface area contributed by atoms with Gasteiger partial charge in [0.15, 0.2) is 5.11 Å². The number of nitrogens with one attached hydrogen (secondary N) is 3. The lowest BCUT2D eigenvalue weighted by molar-refractivity contribution is -0.385. The van der Waals surface area contributed by atoms with Gasteiger partial charge in [0, 0.05) is 12.6 Å². The van der Waals surface area contributed by atoms with E-state index in [0.29, 0.717) is 17.8 Å². The average molecular weight is 400 g/mol. The van der Waals surface area contributed by atoms with Crippen LogP contribution in [-0.2, 0) is 0 Å². The Kier molecular flexibility index (Phi) is 7.58. The zero-order valence-electron chi connectivity index (χ0n) is 15.2. The van der Waals surface area contributed by atoms with Gasteiger partial charge in [0.05, 0.1) is 16.2 Å². The largest absolute Gasteiger partial charge is 0.352 e. The second-order valence-electron chi connectivity index (χ2n) is 5.84. The van der Waals surface area contributed by atoms with Crippen molar-refractivity contribution in [2.24, 2.45) is 0 Å². The molecule has 0 bridgehead atoms. The molecule has 0 aliphatic rings. The van der Waals surface area contributed by atoms with E-state index in [1.807, 2.05) is 6.92 Å². The van der Waals surface area contributed by atoms with Crippen molar-refractivity contribution < 1.29 is 14.5 Å². The number of para-hydroxylation sites is 2. The number of carbonyl (C=O) groups is 2. The molecular weight excluding hydrogens is 380 g/mol. The molecule has 0 saturated heterocycles. The molecule has 0 saturated carbocycles. The summed E-state index contributed by atoms with van der Waals surface area (Å²) in [5, 5.41) is 19.0. The SMILES string of the molecule is CCCCNC(=O)c1ccccc1NC(=S)NC(=O)c1ccccc1[N+](=O)[O-]. The van der Waals surface area contributed by atoms with Gasteiger partial charge in [0.25, 0.3) is 17.5 Å². The van der Waals surface area contributed by atoms with Crippen LogP contribution in [0, 0.1) is 10.1 Å². The second-order valence-corrected chi connectivity index (χ2v) is 6.25. The number of benzene rings is 2. The number of thiocarbonyl (C=S) groups is 1. The summed E-state index contributed by atoms with van der Waals surface area (Å²) in [6.45, 7) is 2.59. The van der Waals surface area contributed by atoms with Crippen LogP contribution in [0.3, 0.4) is 0 Å². The lowest BCUT2D eigenvalue weighted by atomic mass is 10.1. The van der Waals surface area contributed by atoms with Gasteiger partial charge in [-0.25, -0.2) is 0 Å². The molecule has 0 fully saturated rings. The molecule has 28 heavy (non-hydrogen) atoms. The van der Waals surface area contributed by atoms with Crippen LogP contribution in [-0.4, -0.2) is 28.4 Å². The van der Waals surface area contributed by atoms with E-state index < -0.39 is 10.8 Å². The normalized spacial score (nSPS) is 10.0. The van der Waals surface area contributed by atoms with Gasteiger partial charge >= 0.3 is 0 Å². The fourth-order valence-electron chi connectivity index (χ4n) is 2.41. The van der Waals surface area contributed by atoms with E-state index in [1.54, 1.807) is 24.3 Å². The molecule has 0 atom stereocenters. The summed E-state index contributed by atoms with van der Waals surface area (Å²) in [6, 6.07) is 12.3. The van der Waals surface area contributed by atoms with E-state index in [4.69, 9.17) is 12.2 Å². The van der Waals surface area contributed by atoms with Crippen LogP contribution in [0.25, 0.3) is 0 Å². The van der Waals surface area contributed by atoms with Gasteiger partial charge in [-0.15, -0.1) is 0 Å². The molecule has 0 unspecified atom stereocenters. The number of carbonyl (C=O) groups excluding carboxylic acids is 2. The Morgan fingerprint density at radius 2 is 1.68 bits per heavy atom. The molecule has 0 spiro atoms. The van der Waals surface area contributed by atoms with Crippen LogP contribution in [0.4, 0.5) is 11.4 Å². The summed E-state index contributed by atoms with van der Waals surface area (Å²) in [4.78, 5) is 35.1. The van der Waals surface area contributed by atoms with Crippen LogP contribution in [0.2, 0.25) is 0 Å². The molecule has 2 rings (SSSR count). The van der Waals surface area contributed by atoms with E-state index in [0.717, 1.165) is 12.8 Å². The van der Waals surface area contributed by atoms with Gasteiger partial charge in [-0.1, -0.05) is 37.6 Å². The highest BCUT2D eigenvalue weighted by Gasteiger charge is 2.20. The standard InChI is InChI=1S/C19H20N4O4S/c1-2-3-12-20-17(24)13-8-4-6-10-15(13)21-19(28)22-18(25)14-9-5-7-11-16(14)23(26)27/h4-11H,2-3,12H2,1H3,(H,20,24)(H2,21,22,25,28). The van der Waals surface area contributed by atoms with Crippen molar-refractivity contribution in [2.75, 3.05) is 11.9 Å². The molecule has 146 valence electrons. The average Bonchev–Trinajstić information content (AvgIpc) is 2.68. The maximum atomic E-state index is 12.3. The second kappa shape index (κ2) is 10.1. The Morgan fingerprint density at radius 1 is 1.04 bits per heavy atom. The van der Waals surface area contributed by atoms with Gasteiger partial charge in [0.1, 0.15) is 5.56 Å². The van der Waals surface area contributed by atoms with Crippen LogP contribution < -0.4 is 16.0 Å². The van der Waals surface area contributed by atoms with E-state index in [9.17, 15) is 19.7 Å². The molecule has 0 heterocycles. The molecular formula is C19H20N4O4S. The van der Waals surface area contributed by atoms with Gasteiger partial charge in [-0.2, -0.15) is 0 Å². The van der Waals surface area contributed by atoms with Crippen LogP contribution in [0.1, 0.15) is 40.5 Å². The first kappa shape index (κ1) is 21.0. The Hall–Kier alpha value is -3.33. The number of nitro groups is 1. The van der Waals surface area contributed by atoms with Gasteiger partial charge in [-0.3, -0.25) is 25.0 Å². The first-order chi connectivity index (χ1) is 13.4. The Bertz CT molecular complexity index is 901. The topological polar surface area (TPSA) is 113 Å². The highest BCUT2D eigenvalue weighted by molar-refractivity contribution is 7.80. The molecule has 2 amide bonds. The third kappa shape index (κ3) is 5.58. The fraction of sp³-hybridized carbons (Fsp3) is 0.211. The Morgan fingerprint density at radius 3 is 2.36 bits per heavy atom. The first-order valence-corrected chi connectivity index (χ1v) is 9.07. The maximum Gasteiger partial charge on any atom is 0.282 e. The summed E-state index contributed by atoms with van der Waals surface area (Å²) < 4.78 is 0. The van der Waals surface area contributed by atoms with E-state index >= 15 is 0 Å². The van der Waals surface area contributed by atoms with Crippen LogP contribution in [0.15, 0.2) is 48.5 Å². The minimum absolute atomic E-state index is 0.0723. The highest BCUT2D eigenvalue weighted by atomic mass is 32.1. The van der Waals surface area contributed by atoms with E-state index in [2.05, 4.69) is 16.0 Å². The fourth-order valence-corrected chi connectivity index (χ4v) is 2.62. The third-order valence-corrected chi connectivity index (χ3v) is 4.01. The number of amides is 2. The minimum atomic E-state index is -0.713.